The maximum Gasteiger partial charge on any atom is 0.265 e. The lowest BCUT2D eigenvalue weighted by atomic mass is 10.0. The minimum Gasteiger partial charge on any atom is -0.748 e. The third kappa shape index (κ3) is 22.3. The quantitative estimate of drug-likeness (QED) is 0.0708. The van der Waals surface area contributed by atoms with Gasteiger partial charge in [0.25, 0.3) is 10.1 Å². The highest BCUT2D eigenvalue weighted by molar-refractivity contribution is 7.85. The van der Waals surface area contributed by atoms with E-state index in [1.54, 1.807) is 6.08 Å². The van der Waals surface area contributed by atoms with Crippen LogP contribution < -0.4 is 0 Å². The van der Waals surface area contributed by atoms with E-state index in [-0.39, 0.29) is 18.9 Å². The van der Waals surface area contributed by atoms with Crippen LogP contribution in [0.5, 0.6) is 0 Å². The molecule has 8 nitrogen and oxygen atoms in total. The Morgan fingerprint density at radius 3 is 1.79 bits per heavy atom. The molecule has 0 saturated heterocycles. The van der Waals surface area contributed by atoms with Gasteiger partial charge in [-0.1, -0.05) is 127 Å². The second kappa shape index (κ2) is 23.1. The Hall–Kier alpha value is -2.34. The summed E-state index contributed by atoms with van der Waals surface area (Å²) < 4.78 is 64.5. The lowest BCUT2D eigenvalue weighted by molar-refractivity contribution is -0.922. The van der Waals surface area contributed by atoms with E-state index in [0.717, 1.165) is 48.2 Å². The Morgan fingerprint density at radius 1 is 0.708 bits per heavy atom. The van der Waals surface area contributed by atoms with E-state index in [9.17, 15) is 21.4 Å². The average Bonchev–Trinajstić information content (AvgIpc) is 2.98. The van der Waals surface area contributed by atoms with Gasteiger partial charge in [0.15, 0.2) is 0 Å². The van der Waals surface area contributed by atoms with Crippen LogP contribution in [-0.2, 0) is 33.3 Å². The van der Waals surface area contributed by atoms with Crippen molar-refractivity contribution >= 4 is 32.4 Å². The molecule has 0 aliphatic carbocycles. The van der Waals surface area contributed by atoms with Crippen LogP contribution in [0.4, 0.5) is 0 Å². The molecule has 1 atom stereocenters. The largest absolute Gasteiger partial charge is 0.748 e. The number of benzene rings is 2. The molecule has 2 aromatic carbocycles. The molecule has 0 aromatic heterocycles. The number of rotatable bonds is 23. The van der Waals surface area contributed by atoms with E-state index in [4.69, 9.17) is 4.55 Å². The molecule has 274 valence electrons. The lowest BCUT2D eigenvalue weighted by Gasteiger charge is -2.35. The number of unbranched alkanes of at least 4 members (excludes halogenated alkanes) is 7. The van der Waals surface area contributed by atoms with Gasteiger partial charge in [0.2, 0.25) is 0 Å². The first kappa shape index (κ1) is 45.7. The van der Waals surface area contributed by atoms with Crippen molar-refractivity contribution in [1.29, 1.82) is 0 Å². The molecule has 1 N–H and O–H groups in total. The van der Waals surface area contributed by atoms with E-state index in [1.807, 2.05) is 56.6 Å². The summed E-state index contributed by atoms with van der Waals surface area (Å²) in [6.45, 7) is 13.9. The monoisotopic (exact) mass is 709 g/mol. The molecule has 10 heteroatoms. The summed E-state index contributed by atoms with van der Waals surface area (Å²) >= 11 is 0. The van der Waals surface area contributed by atoms with Gasteiger partial charge in [-0.15, -0.1) is 0 Å². The van der Waals surface area contributed by atoms with Crippen LogP contribution in [0, 0.1) is 0 Å². The fourth-order valence-corrected chi connectivity index (χ4v) is 6.79. The molecular formula is C38H65N2O6S2+. The van der Waals surface area contributed by atoms with Gasteiger partial charge in [-0.25, -0.2) is 8.42 Å². The Labute approximate surface area is 294 Å². The zero-order chi connectivity index (χ0) is 35.4. The van der Waals surface area contributed by atoms with Gasteiger partial charge >= 0.3 is 0 Å². The molecule has 1 unspecified atom stereocenters. The van der Waals surface area contributed by atoms with E-state index >= 15 is 0 Å². The molecule has 0 aliphatic rings. The van der Waals surface area contributed by atoms with Crippen LogP contribution in [-0.4, -0.2) is 87.2 Å². The summed E-state index contributed by atoms with van der Waals surface area (Å²) in [6, 6.07) is 16.4. The van der Waals surface area contributed by atoms with E-state index in [0.29, 0.717) is 23.9 Å². The zero-order valence-corrected chi connectivity index (χ0v) is 31.0. The highest BCUT2D eigenvalue weighted by Crippen LogP contribution is 2.20. The van der Waals surface area contributed by atoms with Crippen molar-refractivity contribution in [3.63, 3.8) is 0 Å². The van der Waals surface area contributed by atoms with Gasteiger partial charge in [-0.2, -0.15) is 8.42 Å². The number of hydrogen-bond donors (Lipinski definition) is 1. The minimum atomic E-state index is -4.10. The summed E-state index contributed by atoms with van der Waals surface area (Å²) in [6.07, 6.45) is 14.8. The molecule has 2 rings (SSSR count). The summed E-state index contributed by atoms with van der Waals surface area (Å²) in [5, 5.41) is 0. The maximum absolute atomic E-state index is 11.1. The van der Waals surface area contributed by atoms with Crippen LogP contribution in [0.2, 0.25) is 0 Å². The van der Waals surface area contributed by atoms with Gasteiger partial charge in [0.1, 0.15) is 13.1 Å². The first-order chi connectivity index (χ1) is 22.0. The van der Waals surface area contributed by atoms with Crippen LogP contribution in [0.25, 0.3) is 12.2 Å². The Morgan fingerprint density at radius 2 is 1.25 bits per heavy atom. The van der Waals surface area contributed by atoms with Gasteiger partial charge in [-0.3, -0.25) is 4.55 Å². The van der Waals surface area contributed by atoms with Gasteiger partial charge in [0.05, 0.1) is 56.6 Å². The van der Waals surface area contributed by atoms with Crippen LogP contribution in [0.15, 0.2) is 61.7 Å². The smallest absolute Gasteiger partial charge is 0.265 e. The topological polar surface area (TPSA) is 112 Å². The van der Waals surface area contributed by atoms with Crippen molar-refractivity contribution in [3.8, 4) is 0 Å². The molecule has 48 heavy (non-hydrogen) atoms. The molecule has 0 saturated carbocycles. The van der Waals surface area contributed by atoms with Crippen molar-refractivity contribution in [1.82, 2.24) is 0 Å². The first-order valence-electron chi connectivity index (χ1n) is 17.0. The van der Waals surface area contributed by atoms with Crippen molar-refractivity contribution in [3.05, 3.63) is 83.9 Å². The van der Waals surface area contributed by atoms with Crippen molar-refractivity contribution in [2.45, 2.75) is 91.6 Å². The second-order valence-electron chi connectivity index (χ2n) is 13.6. The predicted molar refractivity (Wildman–Crippen MR) is 203 cm³/mol. The predicted octanol–water partition coefficient (Wildman–Crippen LogP) is 8.17. The van der Waals surface area contributed by atoms with E-state index < -0.39 is 20.2 Å². The van der Waals surface area contributed by atoms with Gasteiger partial charge in [-0.05, 0) is 24.0 Å². The minimum absolute atomic E-state index is 0. The molecule has 2 aromatic rings. The Kier molecular flexibility index (Phi) is 22.0. The van der Waals surface area contributed by atoms with Crippen molar-refractivity contribution < 1.29 is 34.9 Å². The molecule has 0 aliphatic heterocycles. The van der Waals surface area contributed by atoms with E-state index in [1.165, 1.54) is 56.1 Å². The van der Waals surface area contributed by atoms with Crippen molar-refractivity contribution in [2.75, 3.05) is 52.3 Å². The standard InChI is InChI=1S/C23H39NO3S.C14H21NO3S.CH4/c1-4-6-7-8-9-10-11-14-18-24(3,19-15-20-28(25,26)27)21-23-17-13-12-16-22(23)5-2;1-4-13-6-8-14(9-7-13)12-15(2,3)10-5-11-19(16,17)18;/h5,12-13,16-17H,2,4,6-11,14-15,18-21H2,1,3H3;4,6-9H,1,5,10-12H2,2-3H3;1H4/p+1. The number of quaternary nitrogens is 2. The lowest BCUT2D eigenvalue weighted by Crippen LogP contribution is -2.45. The number of nitrogens with zero attached hydrogens (tertiary/aromatic N) is 2. The second-order valence-corrected chi connectivity index (χ2v) is 16.7. The maximum atomic E-state index is 11.1. The Balaban J connectivity index is 0.000000966. The third-order valence-electron chi connectivity index (χ3n) is 8.46. The molecule has 0 amide bonds. The fraction of sp³-hybridized carbons (Fsp3) is 0.579. The van der Waals surface area contributed by atoms with Crippen LogP contribution >= 0.6 is 0 Å². The van der Waals surface area contributed by atoms with Crippen LogP contribution in [0.1, 0.15) is 101 Å². The van der Waals surface area contributed by atoms with Gasteiger partial charge in [0, 0.05) is 29.7 Å². The average molecular weight is 710 g/mol. The molecule has 0 heterocycles. The Bertz CT molecular complexity index is 1410. The van der Waals surface area contributed by atoms with E-state index in [2.05, 4.69) is 39.3 Å². The molecule has 0 bridgehead atoms. The molecular weight excluding hydrogens is 645 g/mol. The highest BCUT2D eigenvalue weighted by atomic mass is 32.2. The SMILES string of the molecule is C.C=Cc1ccc(C[N+](C)(C)CCCS(=O)(=O)[O-])cc1.C=Cc1ccccc1C[N+](C)(CCCCCCCCCC)CCCS(=O)(=O)O. The summed E-state index contributed by atoms with van der Waals surface area (Å²) in [7, 11) is -1.75. The highest BCUT2D eigenvalue weighted by Gasteiger charge is 2.23. The first-order valence-corrected chi connectivity index (χ1v) is 20.2. The molecule has 0 radical (unpaired) electrons. The normalized spacial score (nSPS) is 13.0. The van der Waals surface area contributed by atoms with Gasteiger partial charge < -0.3 is 13.5 Å². The summed E-state index contributed by atoms with van der Waals surface area (Å²) in [5.74, 6) is -0.453. The number of hydrogen-bond acceptors (Lipinski definition) is 5. The molecule has 0 spiro atoms. The zero-order valence-electron chi connectivity index (χ0n) is 29.4. The van der Waals surface area contributed by atoms with Crippen LogP contribution in [0.3, 0.4) is 0 Å². The summed E-state index contributed by atoms with van der Waals surface area (Å²) in [4.78, 5) is 0. The molecule has 0 fully saturated rings. The third-order valence-corrected chi connectivity index (χ3v) is 10.1. The van der Waals surface area contributed by atoms with Crippen molar-refractivity contribution in [2.24, 2.45) is 0 Å². The fourth-order valence-electron chi connectivity index (χ4n) is 5.82. The summed E-state index contributed by atoms with van der Waals surface area (Å²) in [5.41, 5.74) is 4.64.